The first-order valence-electron chi connectivity index (χ1n) is 13.0. The van der Waals surface area contributed by atoms with Crippen LogP contribution in [0.2, 0.25) is 0 Å². The van der Waals surface area contributed by atoms with Crippen LogP contribution < -0.4 is 5.32 Å². The molecule has 1 saturated heterocycles. The van der Waals surface area contributed by atoms with E-state index >= 15 is 0 Å². The van der Waals surface area contributed by atoms with Gasteiger partial charge in [-0.3, -0.25) is 9.59 Å². The van der Waals surface area contributed by atoms with E-state index in [1.807, 2.05) is 58.9 Å². The number of amides is 2. The van der Waals surface area contributed by atoms with Gasteiger partial charge in [-0.15, -0.1) is 0 Å². The van der Waals surface area contributed by atoms with E-state index in [1.54, 1.807) is 4.90 Å². The van der Waals surface area contributed by atoms with Crippen molar-refractivity contribution in [2.24, 2.45) is 11.8 Å². The van der Waals surface area contributed by atoms with E-state index in [0.29, 0.717) is 18.7 Å². The molecule has 1 heterocycles. The predicted molar refractivity (Wildman–Crippen MR) is 134 cm³/mol. The number of rotatable bonds is 6. The number of ether oxygens (including phenoxy) is 1. The first-order chi connectivity index (χ1) is 16.0. The number of carbonyl (C=O) groups is 3. The van der Waals surface area contributed by atoms with Crippen LogP contribution in [0.15, 0.2) is 24.3 Å². The summed E-state index contributed by atoms with van der Waals surface area (Å²) in [6, 6.07) is 7.24. The molecule has 6 heteroatoms. The molecule has 2 fully saturated rings. The van der Waals surface area contributed by atoms with Gasteiger partial charge in [0.05, 0.1) is 6.04 Å². The first-order valence-corrected chi connectivity index (χ1v) is 13.0. The highest BCUT2D eigenvalue weighted by Gasteiger charge is 2.33. The van der Waals surface area contributed by atoms with Crippen molar-refractivity contribution in [3.8, 4) is 0 Å². The van der Waals surface area contributed by atoms with Crippen LogP contribution in [0.4, 0.5) is 4.79 Å². The zero-order chi connectivity index (χ0) is 24.9. The lowest BCUT2D eigenvalue weighted by molar-refractivity contribution is -0.125. The molecule has 2 atom stereocenters. The third-order valence-corrected chi connectivity index (χ3v) is 6.98. The van der Waals surface area contributed by atoms with E-state index in [2.05, 4.69) is 5.32 Å². The van der Waals surface area contributed by atoms with Gasteiger partial charge in [-0.1, -0.05) is 45.2 Å². The monoisotopic (exact) mass is 470 g/mol. The zero-order valence-corrected chi connectivity index (χ0v) is 21.6. The van der Waals surface area contributed by atoms with Crippen LogP contribution in [-0.2, 0) is 9.53 Å². The number of ketones is 1. The molecule has 1 saturated carbocycles. The lowest BCUT2D eigenvalue weighted by Crippen LogP contribution is -2.48. The Kier molecular flexibility index (Phi) is 8.78. The lowest BCUT2D eigenvalue weighted by Gasteiger charge is -2.34. The van der Waals surface area contributed by atoms with Crippen molar-refractivity contribution in [2.45, 2.75) is 97.1 Å². The summed E-state index contributed by atoms with van der Waals surface area (Å²) in [5.74, 6) is 0.194. The Hall–Kier alpha value is -2.37. The molecule has 6 nitrogen and oxygen atoms in total. The Morgan fingerprint density at radius 2 is 1.74 bits per heavy atom. The summed E-state index contributed by atoms with van der Waals surface area (Å²) in [6.45, 7) is 10.7. The van der Waals surface area contributed by atoms with Crippen LogP contribution in [0, 0.1) is 11.8 Å². The van der Waals surface area contributed by atoms with Gasteiger partial charge in [0.1, 0.15) is 5.60 Å². The van der Waals surface area contributed by atoms with Gasteiger partial charge < -0.3 is 15.0 Å². The third kappa shape index (κ3) is 7.07. The summed E-state index contributed by atoms with van der Waals surface area (Å²) in [6.07, 6.45) is 7.00. The normalized spacial score (nSPS) is 20.6. The van der Waals surface area contributed by atoms with E-state index < -0.39 is 11.6 Å². The molecular weight excluding hydrogens is 428 g/mol. The summed E-state index contributed by atoms with van der Waals surface area (Å²) < 4.78 is 5.56. The summed E-state index contributed by atoms with van der Waals surface area (Å²) in [5.41, 5.74) is 1.10. The maximum Gasteiger partial charge on any atom is 0.410 e. The summed E-state index contributed by atoms with van der Waals surface area (Å²) in [7, 11) is 0. The fraction of sp³-hybridized carbons (Fsp3) is 0.679. The minimum atomic E-state index is -0.523. The molecule has 1 N–H and O–H groups in total. The molecular formula is C28H42N2O4. The van der Waals surface area contributed by atoms with Crippen molar-refractivity contribution in [3.63, 3.8) is 0 Å². The first kappa shape index (κ1) is 26.2. The van der Waals surface area contributed by atoms with Crippen molar-refractivity contribution < 1.29 is 19.1 Å². The number of nitrogens with one attached hydrogen (secondary N) is 1. The molecule has 3 rings (SSSR count). The third-order valence-electron chi connectivity index (χ3n) is 6.98. The molecule has 1 aromatic rings. The molecule has 34 heavy (non-hydrogen) atoms. The molecule has 1 unspecified atom stereocenters. The van der Waals surface area contributed by atoms with Gasteiger partial charge in [-0.05, 0) is 70.1 Å². The van der Waals surface area contributed by atoms with Crippen molar-refractivity contribution >= 4 is 17.8 Å². The van der Waals surface area contributed by atoms with Crippen LogP contribution in [0.3, 0.4) is 0 Å². The zero-order valence-electron chi connectivity index (χ0n) is 21.6. The second-order valence-corrected chi connectivity index (χ2v) is 11.3. The SMILES string of the molecule is CC(C)C(=O)[C@H](NC(=O)c1cccc(C2CCCN(C(=O)OC(C)(C)C)C2)c1)C1CCCCC1. The van der Waals surface area contributed by atoms with Gasteiger partial charge >= 0.3 is 6.09 Å². The second kappa shape index (κ2) is 11.4. The number of hydrogen-bond acceptors (Lipinski definition) is 4. The molecule has 0 bridgehead atoms. The number of Topliss-reactive ketones (excluding diaryl/α,β-unsaturated/α-hetero) is 1. The fourth-order valence-corrected chi connectivity index (χ4v) is 5.15. The maximum absolute atomic E-state index is 13.2. The number of hydrogen-bond donors (Lipinski definition) is 1. The minimum absolute atomic E-state index is 0.111. The Labute approximate surface area is 204 Å². The molecule has 1 aliphatic heterocycles. The summed E-state index contributed by atoms with van der Waals surface area (Å²) >= 11 is 0. The molecule has 0 spiro atoms. The molecule has 0 radical (unpaired) electrons. The van der Waals surface area contributed by atoms with Crippen molar-refractivity contribution in [3.05, 3.63) is 35.4 Å². The Bertz CT molecular complexity index is 867. The molecule has 188 valence electrons. The van der Waals surface area contributed by atoms with Crippen LogP contribution >= 0.6 is 0 Å². The smallest absolute Gasteiger partial charge is 0.410 e. The number of likely N-dealkylation sites (tertiary alicyclic amines) is 1. The molecule has 0 aromatic heterocycles. The largest absolute Gasteiger partial charge is 0.444 e. The van der Waals surface area contributed by atoms with Crippen molar-refractivity contribution in [1.82, 2.24) is 10.2 Å². The molecule has 2 aliphatic rings. The lowest BCUT2D eigenvalue weighted by atomic mass is 9.80. The number of piperidine rings is 1. The van der Waals surface area contributed by atoms with Crippen LogP contribution in [0.5, 0.6) is 0 Å². The van der Waals surface area contributed by atoms with E-state index in [4.69, 9.17) is 4.74 Å². The summed E-state index contributed by atoms with van der Waals surface area (Å²) in [4.78, 5) is 40.5. The average Bonchev–Trinajstić information content (AvgIpc) is 2.81. The highest BCUT2D eigenvalue weighted by atomic mass is 16.6. The molecule has 1 aromatic carbocycles. The Morgan fingerprint density at radius 3 is 2.38 bits per heavy atom. The number of benzene rings is 1. The maximum atomic E-state index is 13.2. The topological polar surface area (TPSA) is 75.7 Å². The molecule has 1 aliphatic carbocycles. The number of nitrogens with zero attached hydrogens (tertiary/aromatic N) is 1. The van der Waals surface area contributed by atoms with Gasteiger partial charge in [-0.2, -0.15) is 0 Å². The average molecular weight is 471 g/mol. The van der Waals surface area contributed by atoms with Gasteiger partial charge in [0.15, 0.2) is 5.78 Å². The van der Waals surface area contributed by atoms with Crippen molar-refractivity contribution in [2.75, 3.05) is 13.1 Å². The van der Waals surface area contributed by atoms with Gasteiger partial charge in [0.2, 0.25) is 0 Å². The Morgan fingerprint density at radius 1 is 1.03 bits per heavy atom. The van der Waals surface area contributed by atoms with Gasteiger partial charge in [0, 0.05) is 30.5 Å². The predicted octanol–water partition coefficient (Wildman–Crippen LogP) is 5.70. The number of carbonyl (C=O) groups excluding carboxylic acids is 3. The van der Waals surface area contributed by atoms with Gasteiger partial charge in [0.25, 0.3) is 5.91 Å². The Balaban J connectivity index is 1.71. The van der Waals surface area contributed by atoms with E-state index in [9.17, 15) is 14.4 Å². The quantitative estimate of drug-likeness (QED) is 0.578. The summed E-state index contributed by atoms with van der Waals surface area (Å²) in [5, 5.41) is 3.09. The van der Waals surface area contributed by atoms with Crippen molar-refractivity contribution in [1.29, 1.82) is 0 Å². The molecule has 2 amide bonds. The van der Waals surface area contributed by atoms with Crippen LogP contribution in [-0.4, -0.2) is 47.4 Å². The highest BCUT2D eigenvalue weighted by molar-refractivity contribution is 5.98. The van der Waals surface area contributed by atoms with Crippen LogP contribution in [0.25, 0.3) is 0 Å². The minimum Gasteiger partial charge on any atom is -0.444 e. The second-order valence-electron chi connectivity index (χ2n) is 11.3. The van der Waals surface area contributed by atoms with E-state index in [1.165, 1.54) is 6.42 Å². The fourth-order valence-electron chi connectivity index (χ4n) is 5.15. The van der Waals surface area contributed by atoms with Gasteiger partial charge in [-0.25, -0.2) is 4.79 Å². The van der Waals surface area contributed by atoms with Crippen LogP contribution in [0.1, 0.15) is 101 Å². The van der Waals surface area contributed by atoms with E-state index in [0.717, 1.165) is 44.1 Å². The standard InChI is InChI=1S/C28H42N2O4/c1-19(2)25(31)24(20-11-7-6-8-12-20)29-26(32)22-14-9-13-21(17-22)23-15-10-16-30(18-23)27(33)34-28(3,4)5/h9,13-14,17,19-20,23-24H,6-8,10-12,15-16,18H2,1-5H3,(H,29,32)/t23?,24-/m1/s1. The van der Waals surface area contributed by atoms with E-state index in [-0.39, 0.29) is 35.5 Å². The highest BCUT2D eigenvalue weighted by Crippen LogP contribution is 2.30.